The van der Waals surface area contributed by atoms with Gasteiger partial charge >= 0.3 is 5.97 Å². The summed E-state index contributed by atoms with van der Waals surface area (Å²) in [5.41, 5.74) is 3.12. The number of nitrogens with zero attached hydrogens (tertiary/aromatic N) is 2. The van der Waals surface area contributed by atoms with Gasteiger partial charge in [0.1, 0.15) is 11.4 Å². The summed E-state index contributed by atoms with van der Waals surface area (Å²) in [6.45, 7) is 5.30. The summed E-state index contributed by atoms with van der Waals surface area (Å²) in [6.07, 6.45) is 9.87. The number of hydrogen-bond acceptors (Lipinski definition) is 8. The number of rotatable bonds is 7. The Balaban J connectivity index is 1.25. The molecule has 0 spiro atoms. The Morgan fingerprint density at radius 1 is 1.15 bits per heavy atom. The molecule has 1 unspecified atom stereocenters. The number of ether oxygens (including phenoxy) is 2. The van der Waals surface area contributed by atoms with Crippen LogP contribution in [-0.2, 0) is 9.53 Å². The minimum atomic E-state index is -0.332. The summed E-state index contributed by atoms with van der Waals surface area (Å²) < 4.78 is 11.5. The van der Waals surface area contributed by atoms with Gasteiger partial charge in [-0.15, -0.1) is 0 Å². The molecule has 2 heterocycles. The fraction of sp³-hybridized carbons (Fsp3) is 0.355. The highest BCUT2D eigenvalue weighted by molar-refractivity contribution is 6.32. The Labute approximate surface area is 227 Å². The van der Waals surface area contributed by atoms with Crippen molar-refractivity contribution < 1.29 is 23.9 Å². The van der Waals surface area contributed by atoms with E-state index in [1.54, 1.807) is 30.3 Å². The Kier molecular flexibility index (Phi) is 6.87. The fourth-order valence-corrected chi connectivity index (χ4v) is 5.81. The van der Waals surface area contributed by atoms with Crippen LogP contribution in [0.15, 0.2) is 59.6 Å². The number of esters is 1. The first-order chi connectivity index (χ1) is 19.0. The molecule has 2 aromatic carbocycles. The van der Waals surface area contributed by atoms with Crippen LogP contribution in [-0.4, -0.2) is 67.0 Å². The first-order valence-electron chi connectivity index (χ1n) is 13.7. The molecule has 2 aliphatic heterocycles. The van der Waals surface area contributed by atoms with Crippen LogP contribution >= 0.6 is 0 Å². The minimum Gasteiger partial charge on any atom is -0.478 e. The number of aliphatic imine (C=N–C) groups is 1. The van der Waals surface area contributed by atoms with Gasteiger partial charge in [0.05, 0.1) is 29.4 Å². The third-order valence-electron chi connectivity index (χ3n) is 7.68. The Morgan fingerprint density at radius 2 is 1.95 bits per heavy atom. The van der Waals surface area contributed by atoms with Crippen LogP contribution in [0.2, 0.25) is 0 Å². The van der Waals surface area contributed by atoms with Crippen molar-refractivity contribution in [2.24, 2.45) is 10.9 Å². The molecule has 4 aliphatic rings. The molecule has 0 radical (unpaired) electrons. The number of fused-ring (bicyclic) bond motifs is 5. The summed E-state index contributed by atoms with van der Waals surface area (Å²) in [6, 6.07) is 8.73. The van der Waals surface area contributed by atoms with E-state index in [1.807, 2.05) is 31.2 Å². The molecule has 2 aromatic rings. The second kappa shape index (κ2) is 10.6. The molecule has 1 N–H and O–H groups in total. The highest BCUT2D eigenvalue weighted by atomic mass is 16.5. The standard InChI is InChI=1S/C31H31N3O5/c1-2-38-31(37)19-9-7-15-34(18-19)16-8-14-32-23-17-25-28(33-22-12-5-6-13-24(22)39-25)27-26(23)29(35)20-10-3-4-11-21(20)30(27)36/h3-6,10-13,17,19,24,32H,2,7-9,14-16,18H2,1H3/t19-,24?/m0/s1. The maximum absolute atomic E-state index is 13.7. The lowest BCUT2D eigenvalue weighted by molar-refractivity contribution is -0.149. The average Bonchev–Trinajstić information content (AvgIpc) is 2.96. The van der Waals surface area contributed by atoms with Crippen molar-refractivity contribution in [2.75, 3.05) is 38.1 Å². The second-order valence-electron chi connectivity index (χ2n) is 10.2. The highest BCUT2D eigenvalue weighted by Gasteiger charge is 2.38. The summed E-state index contributed by atoms with van der Waals surface area (Å²) in [4.78, 5) is 46.7. The zero-order valence-electron chi connectivity index (χ0n) is 21.9. The van der Waals surface area contributed by atoms with E-state index in [-0.39, 0.29) is 29.6 Å². The molecule has 8 nitrogen and oxygen atoms in total. The number of hydrogen-bond donors (Lipinski definition) is 1. The minimum absolute atomic E-state index is 0.0747. The van der Waals surface area contributed by atoms with E-state index in [0.717, 1.165) is 32.4 Å². The quantitative estimate of drug-likeness (QED) is 0.358. The molecule has 200 valence electrons. The highest BCUT2D eigenvalue weighted by Crippen LogP contribution is 2.46. The molecule has 39 heavy (non-hydrogen) atoms. The lowest BCUT2D eigenvalue weighted by Crippen LogP contribution is -2.40. The Bertz CT molecular complexity index is 1440. The van der Waals surface area contributed by atoms with Gasteiger partial charge in [0.25, 0.3) is 0 Å². The number of allylic oxidation sites excluding steroid dienone is 2. The Hall–Kier alpha value is -4.04. The van der Waals surface area contributed by atoms with Gasteiger partial charge in [0.15, 0.2) is 17.7 Å². The zero-order chi connectivity index (χ0) is 26.9. The SMILES string of the molecule is CCOC(=O)[C@H]1CCCN(CCCNc2cc3c(c4c2C(=O)c2ccccc2C4=O)N=C2C=CC=CC2O3)C1. The van der Waals surface area contributed by atoms with Crippen molar-refractivity contribution in [1.82, 2.24) is 4.90 Å². The van der Waals surface area contributed by atoms with Gasteiger partial charge in [0.2, 0.25) is 0 Å². The van der Waals surface area contributed by atoms with Gasteiger partial charge in [0, 0.05) is 36.0 Å². The molecule has 2 aliphatic carbocycles. The molecule has 0 saturated carbocycles. The monoisotopic (exact) mass is 525 g/mol. The largest absolute Gasteiger partial charge is 0.478 e. The number of piperidine rings is 1. The third kappa shape index (κ3) is 4.69. The average molecular weight is 526 g/mol. The summed E-state index contributed by atoms with van der Waals surface area (Å²) in [7, 11) is 0. The summed E-state index contributed by atoms with van der Waals surface area (Å²) >= 11 is 0. The van der Waals surface area contributed by atoms with Gasteiger partial charge in [-0.2, -0.15) is 0 Å². The van der Waals surface area contributed by atoms with E-state index >= 15 is 0 Å². The van der Waals surface area contributed by atoms with Gasteiger partial charge in [-0.05, 0) is 51.4 Å². The molecular weight excluding hydrogens is 494 g/mol. The van der Waals surface area contributed by atoms with Crippen LogP contribution in [0.25, 0.3) is 0 Å². The maximum atomic E-state index is 13.7. The summed E-state index contributed by atoms with van der Waals surface area (Å²) in [5.74, 6) is -0.118. The third-order valence-corrected chi connectivity index (χ3v) is 7.68. The molecule has 1 fully saturated rings. The van der Waals surface area contributed by atoms with E-state index in [4.69, 9.17) is 14.5 Å². The first-order valence-corrected chi connectivity index (χ1v) is 13.7. The van der Waals surface area contributed by atoms with Crippen LogP contribution in [0.1, 0.15) is 58.0 Å². The smallest absolute Gasteiger partial charge is 0.310 e. The molecule has 0 aromatic heterocycles. The number of likely N-dealkylation sites (tertiary alicyclic amines) is 1. The van der Waals surface area contributed by atoms with Gasteiger partial charge < -0.3 is 19.7 Å². The molecule has 1 saturated heterocycles. The van der Waals surface area contributed by atoms with Crippen LogP contribution in [0.5, 0.6) is 5.75 Å². The molecular formula is C31H31N3O5. The van der Waals surface area contributed by atoms with Crippen LogP contribution in [0.3, 0.4) is 0 Å². The van der Waals surface area contributed by atoms with Crippen molar-refractivity contribution in [2.45, 2.75) is 32.3 Å². The fourth-order valence-electron chi connectivity index (χ4n) is 5.81. The van der Waals surface area contributed by atoms with E-state index in [0.29, 0.717) is 64.8 Å². The van der Waals surface area contributed by atoms with E-state index in [2.05, 4.69) is 10.2 Å². The van der Waals surface area contributed by atoms with Crippen LogP contribution in [0.4, 0.5) is 11.4 Å². The normalized spacial score (nSPS) is 21.2. The molecule has 8 heteroatoms. The molecule has 6 rings (SSSR count). The summed E-state index contributed by atoms with van der Waals surface area (Å²) in [5, 5.41) is 3.42. The molecule has 2 atom stereocenters. The van der Waals surface area contributed by atoms with E-state index < -0.39 is 0 Å². The predicted molar refractivity (Wildman–Crippen MR) is 148 cm³/mol. The van der Waals surface area contributed by atoms with Gasteiger partial charge in [-0.1, -0.05) is 36.4 Å². The first kappa shape index (κ1) is 25.2. The second-order valence-corrected chi connectivity index (χ2v) is 10.2. The zero-order valence-corrected chi connectivity index (χ0v) is 21.9. The lowest BCUT2D eigenvalue weighted by atomic mass is 9.81. The number of anilines is 1. The van der Waals surface area contributed by atoms with Gasteiger partial charge in [-0.3, -0.25) is 14.4 Å². The number of carbonyl (C=O) groups excluding carboxylic acids is 3. The number of ketones is 2. The van der Waals surface area contributed by atoms with Crippen LogP contribution in [0, 0.1) is 5.92 Å². The van der Waals surface area contributed by atoms with Gasteiger partial charge in [-0.25, -0.2) is 4.99 Å². The van der Waals surface area contributed by atoms with Crippen molar-refractivity contribution in [3.8, 4) is 5.75 Å². The van der Waals surface area contributed by atoms with Crippen molar-refractivity contribution in [3.05, 3.63) is 76.9 Å². The maximum Gasteiger partial charge on any atom is 0.310 e. The lowest BCUT2D eigenvalue weighted by Gasteiger charge is -2.31. The molecule has 0 bridgehead atoms. The van der Waals surface area contributed by atoms with Crippen molar-refractivity contribution in [3.63, 3.8) is 0 Å². The van der Waals surface area contributed by atoms with E-state index in [9.17, 15) is 14.4 Å². The molecule has 0 amide bonds. The van der Waals surface area contributed by atoms with Crippen molar-refractivity contribution >= 4 is 34.6 Å². The predicted octanol–water partition coefficient (Wildman–Crippen LogP) is 4.50. The number of nitrogens with one attached hydrogen (secondary N) is 1. The topological polar surface area (TPSA) is 97.3 Å². The van der Waals surface area contributed by atoms with Crippen LogP contribution < -0.4 is 10.1 Å². The Morgan fingerprint density at radius 3 is 2.74 bits per heavy atom. The number of benzene rings is 2. The van der Waals surface area contributed by atoms with Crippen molar-refractivity contribution in [1.29, 1.82) is 0 Å². The number of carbonyl (C=O) groups is 3. The van der Waals surface area contributed by atoms with E-state index in [1.165, 1.54) is 0 Å².